The number of nitrogens with one attached hydrogen (secondary N) is 1. The van der Waals surface area contributed by atoms with Gasteiger partial charge in [0.05, 0.1) is 24.8 Å². The van der Waals surface area contributed by atoms with Crippen molar-refractivity contribution in [2.24, 2.45) is 0 Å². The van der Waals surface area contributed by atoms with E-state index in [0.717, 1.165) is 26.6 Å². The summed E-state index contributed by atoms with van der Waals surface area (Å²) in [5.41, 5.74) is 4.35. The number of nitrogens with zero attached hydrogens (tertiary/aromatic N) is 1. The first-order chi connectivity index (χ1) is 16.6. The number of hydrogen-bond acceptors (Lipinski definition) is 5. The molecule has 0 aliphatic heterocycles. The number of hydrogen-bond donors (Lipinski definition) is 1. The van der Waals surface area contributed by atoms with Crippen LogP contribution in [0.1, 0.15) is 22.3 Å². The van der Waals surface area contributed by atoms with Crippen molar-refractivity contribution < 1.29 is 22.7 Å². The minimum Gasteiger partial charge on any atom is -0.493 e. The van der Waals surface area contributed by atoms with Crippen LogP contribution in [0.3, 0.4) is 0 Å². The Bertz CT molecular complexity index is 1290. The summed E-state index contributed by atoms with van der Waals surface area (Å²) in [6.07, 6.45) is 0.556. The Kier molecular flexibility index (Phi) is 8.40. The van der Waals surface area contributed by atoms with Crippen molar-refractivity contribution >= 4 is 21.6 Å². The molecule has 0 heterocycles. The van der Waals surface area contributed by atoms with E-state index in [2.05, 4.69) is 5.32 Å². The van der Waals surface area contributed by atoms with Crippen molar-refractivity contribution in [3.05, 3.63) is 82.9 Å². The molecule has 0 atom stereocenters. The lowest BCUT2D eigenvalue weighted by Crippen LogP contribution is -2.41. The van der Waals surface area contributed by atoms with Gasteiger partial charge in [0.25, 0.3) is 10.0 Å². The summed E-state index contributed by atoms with van der Waals surface area (Å²) < 4.78 is 38.8. The number of anilines is 1. The van der Waals surface area contributed by atoms with Crippen LogP contribution in [0.15, 0.2) is 65.6 Å². The second-order valence-corrected chi connectivity index (χ2v) is 10.2. The number of carbonyl (C=O) groups excluding carboxylic acids is 1. The molecule has 1 amide bonds. The number of methoxy groups -OCH3 is 2. The molecule has 0 aliphatic rings. The molecule has 0 radical (unpaired) electrons. The predicted octanol–water partition coefficient (Wildman–Crippen LogP) is 4.18. The molecular weight excluding hydrogens is 464 g/mol. The van der Waals surface area contributed by atoms with Gasteiger partial charge < -0.3 is 14.8 Å². The third kappa shape index (κ3) is 6.33. The summed E-state index contributed by atoms with van der Waals surface area (Å²) in [5.74, 6) is 0.853. The number of rotatable bonds is 10. The van der Waals surface area contributed by atoms with E-state index in [0.29, 0.717) is 30.2 Å². The van der Waals surface area contributed by atoms with Gasteiger partial charge in [0.1, 0.15) is 6.54 Å². The van der Waals surface area contributed by atoms with Gasteiger partial charge in [-0.25, -0.2) is 8.42 Å². The van der Waals surface area contributed by atoms with Crippen molar-refractivity contribution in [2.45, 2.75) is 32.1 Å². The molecule has 0 bridgehead atoms. The van der Waals surface area contributed by atoms with Gasteiger partial charge >= 0.3 is 0 Å². The molecule has 7 nitrogen and oxygen atoms in total. The zero-order chi connectivity index (χ0) is 25.6. The summed E-state index contributed by atoms with van der Waals surface area (Å²) in [4.78, 5) is 13.0. The minimum atomic E-state index is -3.95. The Hall–Kier alpha value is -3.52. The number of sulfonamides is 1. The third-order valence-electron chi connectivity index (χ3n) is 5.86. The van der Waals surface area contributed by atoms with E-state index in [-0.39, 0.29) is 17.3 Å². The molecule has 0 saturated carbocycles. The standard InChI is InChI=1S/C27H32N2O5S/c1-19-6-11-24(12-7-19)35(31,32)29(23-10-8-20(2)21(3)16-23)18-27(30)28-15-14-22-9-13-25(33-4)26(17-22)34-5/h6-13,16-17H,14-15,18H2,1-5H3,(H,28,30). The summed E-state index contributed by atoms with van der Waals surface area (Å²) in [6, 6.07) is 17.6. The summed E-state index contributed by atoms with van der Waals surface area (Å²) >= 11 is 0. The molecule has 8 heteroatoms. The fourth-order valence-corrected chi connectivity index (χ4v) is 5.01. The van der Waals surface area contributed by atoms with Gasteiger partial charge in [-0.15, -0.1) is 0 Å². The van der Waals surface area contributed by atoms with Crippen molar-refractivity contribution in [1.82, 2.24) is 5.32 Å². The number of amides is 1. The van der Waals surface area contributed by atoms with Crippen LogP contribution in [-0.4, -0.2) is 41.6 Å². The zero-order valence-corrected chi connectivity index (χ0v) is 21.6. The lowest BCUT2D eigenvalue weighted by Gasteiger charge is -2.25. The highest BCUT2D eigenvalue weighted by atomic mass is 32.2. The maximum Gasteiger partial charge on any atom is 0.264 e. The highest BCUT2D eigenvalue weighted by molar-refractivity contribution is 7.92. The van der Waals surface area contributed by atoms with E-state index in [4.69, 9.17) is 9.47 Å². The summed E-state index contributed by atoms with van der Waals surface area (Å²) in [7, 11) is -0.806. The molecule has 186 valence electrons. The smallest absolute Gasteiger partial charge is 0.264 e. The second kappa shape index (κ2) is 11.3. The quantitative estimate of drug-likeness (QED) is 0.455. The van der Waals surface area contributed by atoms with Gasteiger partial charge in [0.2, 0.25) is 5.91 Å². The topological polar surface area (TPSA) is 84.9 Å². The Morgan fingerprint density at radius 1 is 0.857 bits per heavy atom. The molecule has 0 spiro atoms. The first-order valence-electron chi connectivity index (χ1n) is 11.3. The van der Waals surface area contributed by atoms with E-state index in [1.807, 2.05) is 45.0 Å². The monoisotopic (exact) mass is 496 g/mol. The Morgan fingerprint density at radius 3 is 2.17 bits per heavy atom. The highest BCUT2D eigenvalue weighted by Gasteiger charge is 2.27. The van der Waals surface area contributed by atoms with Crippen LogP contribution in [0.25, 0.3) is 0 Å². The van der Waals surface area contributed by atoms with Crippen LogP contribution in [-0.2, 0) is 21.2 Å². The van der Waals surface area contributed by atoms with E-state index in [9.17, 15) is 13.2 Å². The fraction of sp³-hybridized carbons (Fsp3) is 0.296. The van der Waals surface area contributed by atoms with Gasteiger partial charge in [0.15, 0.2) is 11.5 Å². The molecule has 3 aromatic carbocycles. The molecule has 35 heavy (non-hydrogen) atoms. The average molecular weight is 497 g/mol. The number of aryl methyl sites for hydroxylation is 3. The highest BCUT2D eigenvalue weighted by Crippen LogP contribution is 2.28. The van der Waals surface area contributed by atoms with Crippen LogP contribution in [0, 0.1) is 20.8 Å². The van der Waals surface area contributed by atoms with E-state index >= 15 is 0 Å². The summed E-state index contributed by atoms with van der Waals surface area (Å²) in [5, 5.41) is 2.84. The number of carbonyl (C=O) groups is 1. The molecule has 0 aliphatic carbocycles. The molecule has 0 aromatic heterocycles. The molecule has 0 saturated heterocycles. The summed E-state index contributed by atoms with van der Waals surface area (Å²) in [6.45, 7) is 5.78. The van der Waals surface area contributed by atoms with E-state index in [1.165, 1.54) is 0 Å². The molecular formula is C27H32N2O5S. The van der Waals surface area contributed by atoms with Gasteiger partial charge in [-0.2, -0.15) is 0 Å². The first kappa shape index (κ1) is 26.1. The predicted molar refractivity (Wildman–Crippen MR) is 138 cm³/mol. The molecule has 3 aromatic rings. The SMILES string of the molecule is COc1ccc(CCNC(=O)CN(c2ccc(C)c(C)c2)S(=O)(=O)c2ccc(C)cc2)cc1OC. The van der Waals surface area contributed by atoms with Crippen LogP contribution >= 0.6 is 0 Å². The number of ether oxygens (including phenoxy) is 2. The van der Waals surface area contributed by atoms with E-state index < -0.39 is 10.0 Å². The zero-order valence-electron chi connectivity index (χ0n) is 20.8. The van der Waals surface area contributed by atoms with Gasteiger partial charge in [-0.1, -0.05) is 29.8 Å². The molecule has 0 fully saturated rings. The van der Waals surface area contributed by atoms with Crippen LogP contribution in [0.2, 0.25) is 0 Å². The third-order valence-corrected chi connectivity index (χ3v) is 7.65. The van der Waals surface area contributed by atoms with Gasteiger partial charge in [0, 0.05) is 6.54 Å². The largest absolute Gasteiger partial charge is 0.493 e. The van der Waals surface area contributed by atoms with Crippen molar-refractivity contribution in [3.8, 4) is 11.5 Å². The fourth-order valence-electron chi connectivity index (χ4n) is 3.60. The lowest BCUT2D eigenvalue weighted by molar-refractivity contribution is -0.119. The molecule has 1 N–H and O–H groups in total. The minimum absolute atomic E-state index is 0.138. The number of benzene rings is 3. The Balaban J connectivity index is 1.78. The van der Waals surface area contributed by atoms with Crippen molar-refractivity contribution in [1.29, 1.82) is 0 Å². The lowest BCUT2D eigenvalue weighted by atomic mass is 10.1. The second-order valence-electron chi connectivity index (χ2n) is 8.38. The van der Waals surface area contributed by atoms with Crippen molar-refractivity contribution in [3.63, 3.8) is 0 Å². The van der Waals surface area contributed by atoms with Gasteiger partial charge in [-0.05, 0) is 80.3 Å². The maximum absolute atomic E-state index is 13.5. The van der Waals surface area contributed by atoms with Crippen molar-refractivity contribution in [2.75, 3.05) is 31.6 Å². The van der Waals surface area contributed by atoms with Crippen LogP contribution in [0.4, 0.5) is 5.69 Å². The van der Waals surface area contributed by atoms with Crippen LogP contribution < -0.4 is 19.1 Å². The average Bonchev–Trinajstić information content (AvgIpc) is 2.84. The van der Waals surface area contributed by atoms with Gasteiger partial charge in [-0.3, -0.25) is 9.10 Å². The molecule has 3 rings (SSSR count). The van der Waals surface area contributed by atoms with E-state index in [1.54, 1.807) is 50.6 Å². The normalized spacial score (nSPS) is 11.1. The van der Waals surface area contributed by atoms with Crippen LogP contribution in [0.5, 0.6) is 11.5 Å². The molecule has 0 unspecified atom stereocenters. The Labute approximate surface area is 207 Å². The maximum atomic E-state index is 13.5. The first-order valence-corrected chi connectivity index (χ1v) is 12.7. The Morgan fingerprint density at radius 2 is 1.54 bits per heavy atom.